The molecule has 0 fully saturated rings. The number of nitrogens with zero attached hydrogens (tertiary/aromatic N) is 2. The summed E-state index contributed by atoms with van der Waals surface area (Å²) in [7, 11) is 0. The van der Waals surface area contributed by atoms with Crippen molar-refractivity contribution in [1.82, 2.24) is 16.0 Å². The van der Waals surface area contributed by atoms with Crippen LogP contribution in [0.25, 0.3) is 0 Å². The minimum Gasteiger partial charge on any atom is -0.444 e. The highest BCUT2D eigenvalue weighted by Crippen LogP contribution is 2.18. The predicted octanol–water partition coefficient (Wildman–Crippen LogP) is 8.13. The Hall–Kier alpha value is -5.23. The number of nitrogens with one attached hydrogen (secondary N) is 3. The molecule has 0 saturated carbocycles. The summed E-state index contributed by atoms with van der Waals surface area (Å²) >= 11 is 4.92. The molecule has 19 heteroatoms. The number of ether oxygens (including phenoxy) is 4. The van der Waals surface area contributed by atoms with E-state index in [4.69, 9.17) is 31.5 Å². The van der Waals surface area contributed by atoms with E-state index in [0.29, 0.717) is 19.6 Å². The number of nitro groups is 2. The van der Waals surface area contributed by atoms with Crippen molar-refractivity contribution in [3.63, 3.8) is 0 Å². The van der Waals surface area contributed by atoms with Crippen LogP contribution in [0.5, 0.6) is 11.5 Å². The Morgan fingerprint density at radius 3 is 1.22 bits per heavy atom. The smallest absolute Gasteiger partial charge is 0.412 e. The van der Waals surface area contributed by atoms with E-state index in [-0.39, 0.29) is 29.0 Å². The van der Waals surface area contributed by atoms with Gasteiger partial charge in [-0.25, -0.2) is 19.2 Å². The number of nitrogens with two attached hydrogens (primary N) is 1. The topological polar surface area (TPSA) is 254 Å². The van der Waals surface area contributed by atoms with Gasteiger partial charge in [-0.3, -0.25) is 20.2 Å². The Labute approximate surface area is 326 Å². The Morgan fingerprint density at radius 1 is 0.582 bits per heavy atom. The van der Waals surface area contributed by atoms with Gasteiger partial charge in [0.2, 0.25) is 0 Å². The molecule has 55 heavy (non-hydrogen) atoms. The van der Waals surface area contributed by atoms with Gasteiger partial charge < -0.3 is 40.6 Å². The molecule has 3 amide bonds. The lowest BCUT2D eigenvalue weighted by Gasteiger charge is -2.19. The number of hydrogen-bond acceptors (Lipinski definition) is 13. The van der Waals surface area contributed by atoms with Crippen LogP contribution in [0.3, 0.4) is 0 Å². The van der Waals surface area contributed by atoms with Gasteiger partial charge in [0.1, 0.15) is 22.7 Å². The Morgan fingerprint density at radius 2 is 0.909 bits per heavy atom. The third-order valence-electron chi connectivity index (χ3n) is 6.34. The van der Waals surface area contributed by atoms with Crippen molar-refractivity contribution < 1.29 is 48.0 Å². The number of amides is 3. The van der Waals surface area contributed by atoms with Crippen molar-refractivity contribution in [2.24, 2.45) is 5.73 Å². The first-order valence-corrected chi connectivity index (χ1v) is 18.1. The predicted molar refractivity (Wildman–Crippen MR) is 207 cm³/mol. The summed E-state index contributed by atoms with van der Waals surface area (Å²) in [6, 6.07) is 10.3. The van der Waals surface area contributed by atoms with Crippen molar-refractivity contribution in [3.8, 4) is 11.5 Å². The highest BCUT2D eigenvalue weighted by molar-refractivity contribution is 6.61. The third-order valence-corrected chi connectivity index (χ3v) is 6.42. The van der Waals surface area contributed by atoms with Gasteiger partial charge in [-0.2, -0.15) is 0 Å². The largest absolute Gasteiger partial charge is 0.444 e. The van der Waals surface area contributed by atoms with Gasteiger partial charge in [0.15, 0.2) is 0 Å². The third kappa shape index (κ3) is 29.9. The van der Waals surface area contributed by atoms with E-state index < -0.39 is 38.7 Å². The molecular formula is C36H55ClN6O12. The summed E-state index contributed by atoms with van der Waals surface area (Å²) < 4.78 is 19.7. The van der Waals surface area contributed by atoms with E-state index in [1.165, 1.54) is 48.5 Å². The maximum absolute atomic E-state index is 11.6. The summed E-state index contributed by atoms with van der Waals surface area (Å²) in [6.07, 6.45) is 6.34. The molecule has 0 bridgehead atoms. The molecule has 2 aromatic rings. The molecule has 0 saturated heterocycles. The van der Waals surface area contributed by atoms with Gasteiger partial charge in [0.25, 0.3) is 11.4 Å². The van der Waals surface area contributed by atoms with Gasteiger partial charge in [0, 0.05) is 55.5 Å². The molecule has 0 aliphatic rings. The van der Waals surface area contributed by atoms with Crippen LogP contribution >= 0.6 is 11.6 Å². The van der Waals surface area contributed by atoms with Crippen LogP contribution in [0.4, 0.5) is 30.6 Å². The number of carbonyl (C=O) groups is 4. The SMILES string of the molecule is CC(C)(C)OC(=O)NCCCCCCN.CC(C)(C)OC(=O)NCCCCCCNC(=O)Oc1ccc([N+](=O)[O-])cc1.O=C(Cl)Oc1ccc([N+](=O)[O-])cc1. The second-order valence-electron chi connectivity index (χ2n) is 13.6. The van der Waals surface area contributed by atoms with E-state index in [9.17, 15) is 39.4 Å². The van der Waals surface area contributed by atoms with Crippen molar-refractivity contribution in [2.75, 3.05) is 26.2 Å². The molecule has 0 aromatic heterocycles. The van der Waals surface area contributed by atoms with Gasteiger partial charge in [-0.15, -0.1) is 0 Å². The summed E-state index contributed by atoms with van der Waals surface area (Å²) in [6.45, 7) is 13.4. The summed E-state index contributed by atoms with van der Waals surface area (Å²) in [5.41, 5.74) is 3.34. The normalized spacial score (nSPS) is 10.5. The van der Waals surface area contributed by atoms with E-state index in [1.807, 2.05) is 41.5 Å². The monoisotopic (exact) mass is 798 g/mol. The van der Waals surface area contributed by atoms with Crippen molar-refractivity contribution >= 4 is 46.7 Å². The minimum atomic E-state index is -0.978. The van der Waals surface area contributed by atoms with Gasteiger partial charge in [-0.1, -0.05) is 25.7 Å². The van der Waals surface area contributed by atoms with Crippen LogP contribution in [-0.4, -0.2) is 70.9 Å². The standard InChI is InChI=1S/C18H27N3O6.C11H24N2O2.C7H4ClNO4/c1-18(2,3)27-17(23)20-13-7-5-4-6-12-19-16(22)26-15-10-8-14(9-11-15)21(24)25;1-11(2,3)15-10(14)13-9-7-5-4-6-8-12;8-7(10)13-6-3-1-5(2-4-6)9(11)12/h8-11H,4-7,12-13H2,1-3H3,(H,19,22)(H,20,23);4-9,12H2,1-3H3,(H,13,14);1-4H. The Bertz CT molecular complexity index is 1460. The van der Waals surface area contributed by atoms with E-state index in [1.54, 1.807) is 0 Å². The van der Waals surface area contributed by atoms with Gasteiger partial charge in [0.05, 0.1) is 9.85 Å². The Balaban J connectivity index is 0.000000877. The molecule has 0 aliphatic heterocycles. The molecule has 0 heterocycles. The van der Waals surface area contributed by atoms with Crippen LogP contribution in [0.15, 0.2) is 48.5 Å². The first-order valence-electron chi connectivity index (χ1n) is 17.7. The van der Waals surface area contributed by atoms with Gasteiger partial charge >= 0.3 is 23.7 Å². The summed E-state index contributed by atoms with van der Waals surface area (Å²) in [5, 5.41) is 28.8. The molecule has 0 radical (unpaired) electrons. The van der Waals surface area contributed by atoms with Crippen LogP contribution in [0, 0.1) is 20.2 Å². The number of alkyl carbamates (subject to hydrolysis) is 2. The molecule has 18 nitrogen and oxygen atoms in total. The molecule has 2 rings (SSSR count). The second-order valence-corrected chi connectivity index (χ2v) is 13.9. The maximum Gasteiger partial charge on any atom is 0.412 e. The number of hydrogen-bond donors (Lipinski definition) is 4. The number of rotatable bonds is 17. The first-order chi connectivity index (χ1) is 25.7. The number of halogens is 1. The lowest BCUT2D eigenvalue weighted by molar-refractivity contribution is -0.385. The molecule has 5 N–H and O–H groups in total. The van der Waals surface area contributed by atoms with Crippen LogP contribution in [-0.2, 0) is 9.47 Å². The molecule has 0 spiro atoms. The number of carbonyl (C=O) groups excluding carboxylic acids is 4. The quantitative estimate of drug-likeness (QED) is 0.0511. The van der Waals surface area contributed by atoms with Crippen molar-refractivity contribution in [3.05, 3.63) is 68.8 Å². The lowest BCUT2D eigenvalue weighted by atomic mass is 10.2. The number of non-ortho nitro benzene ring substituents is 2. The average Bonchev–Trinajstić information content (AvgIpc) is 3.07. The fourth-order valence-electron chi connectivity index (χ4n) is 3.93. The van der Waals surface area contributed by atoms with Gasteiger partial charge in [-0.05, 0) is 98.0 Å². The van der Waals surface area contributed by atoms with Crippen LogP contribution in [0.1, 0.15) is 92.9 Å². The molecular weight excluding hydrogens is 744 g/mol. The van der Waals surface area contributed by atoms with E-state index in [0.717, 1.165) is 57.9 Å². The van der Waals surface area contributed by atoms with Crippen molar-refractivity contribution in [1.29, 1.82) is 0 Å². The molecule has 0 unspecified atom stereocenters. The number of nitro benzene ring substituents is 2. The zero-order valence-corrected chi connectivity index (χ0v) is 33.1. The summed E-state index contributed by atoms with van der Waals surface area (Å²) in [4.78, 5) is 64.2. The second kappa shape index (κ2) is 27.4. The number of benzene rings is 2. The highest BCUT2D eigenvalue weighted by Gasteiger charge is 2.16. The zero-order valence-electron chi connectivity index (χ0n) is 32.4. The summed E-state index contributed by atoms with van der Waals surface area (Å²) in [5.74, 6) is 0.414. The first kappa shape index (κ1) is 49.8. The number of unbranched alkanes of at least 4 members (excludes halogenated alkanes) is 6. The fraction of sp³-hybridized carbons (Fsp3) is 0.556. The Kier molecular flexibility index (Phi) is 24.8. The minimum absolute atomic E-state index is 0.0658. The average molecular weight is 799 g/mol. The lowest BCUT2D eigenvalue weighted by Crippen LogP contribution is -2.33. The van der Waals surface area contributed by atoms with Crippen molar-refractivity contribution in [2.45, 2.75) is 104 Å². The van der Waals surface area contributed by atoms with Crippen LogP contribution in [0.2, 0.25) is 0 Å². The fourth-order valence-corrected chi connectivity index (χ4v) is 4.02. The zero-order chi connectivity index (χ0) is 41.9. The molecule has 0 atom stereocenters. The highest BCUT2D eigenvalue weighted by atomic mass is 35.5. The van der Waals surface area contributed by atoms with E-state index >= 15 is 0 Å². The molecule has 0 aliphatic carbocycles. The maximum atomic E-state index is 11.6. The molecule has 308 valence electrons. The molecule has 2 aromatic carbocycles. The van der Waals surface area contributed by atoms with E-state index in [2.05, 4.69) is 20.7 Å². The van der Waals surface area contributed by atoms with Crippen LogP contribution < -0.4 is 31.2 Å².